The molecule has 0 heterocycles. The highest BCUT2D eigenvalue weighted by atomic mass is 16.5. The summed E-state index contributed by atoms with van der Waals surface area (Å²) in [6.45, 7) is 6.55. The Balaban J connectivity index is 3.47. The van der Waals surface area contributed by atoms with Crippen molar-refractivity contribution in [1.82, 2.24) is 0 Å². The number of amides is 2. The highest BCUT2D eigenvalue weighted by Crippen LogP contribution is 1.84. The zero-order valence-electron chi connectivity index (χ0n) is 8.67. The van der Waals surface area contributed by atoms with Crippen molar-refractivity contribution in [3.8, 4) is 0 Å². The van der Waals surface area contributed by atoms with Crippen molar-refractivity contribution < 1.29 is 19.1 Å². The SMILES string of the molecule is C=NC(=O)C=COCCOC=CC(=O)N=C. The topological polar surface area (TPSA) is 77.3 Å². The number of hydrogen-bond donors (Lipinski definition) is 0. The molecule has 6 nitrogen and oxygen atoms in total. The van der Waals surface area contributed by atoms with Gasteiger partial charge in [0.2, 0.25) is 0 Å². The molecule has 0 rings (SSSR count). The molecule has 6 heteroatoms. The molecular weight excluding hydrogens is 212 g/mol. The van der Waals surface area contributed by atoms with E-state index in [1.54, 1.807) is 0 Å². The van der Waals surface area contributed by atoms with Gasteiger partial charge in [-0.05, 0) is 13.4 Å². The normalized spacial score (nSPS) is 10.2. The third kappa shape index (κ3) is 8.36. The lowest BCUT2D eigenvalue weighted by Gasteiger charge is -1.99. The number of ether oxygens (including phenoxy) is 2. The number of carbonyl (C=O) groups excluding carboxylic acids is 2. The molecule has 0 aromatic carbocycles. The molecule has 0 unspecified atom stereocenters. The Morgan fingerprint density at radius 2 is 1.31 bits per heavy atom. The molecule has 0 N–H and O–H groups in total. The first-order chi connectivity index (χ1) is 7.70. The zero-order chi connectivity index (χ0) is 12.2. The van der Waals surface area contributed by atoms with Gasteiger partial charge in [0, 0.05) is 12.2 Å². The molecule has 16 heavy (non-hydrogen) atoms. The predicted octanol–water partition coefficient (Wildman–Crippen LogP) is 0.501. The van der Waals surface area contributed by atoms with Crippen LogP contribution in [-0.2, 0) is 19.1 Å². The lowest BCUT2D eigenvalue weighted by molar-refractivity contribution is -0.114. The molecule has 0 aliphatic rings. The molecule has 0 radical (unpaired) electrons. The van der Waals surface area contributed by atoms with Crippen LogP contribution in [0.1, 0.15) is 0 Å². The van der Waals surface area contributed by atoms with Crippen LogP contribution < -0.4 is 0 Å². The van der Waals surface area contributed by atoms with Gasteiger partial charge in [-0.2, -0.15) is 0 Å². The minimum absolute atomic E-state index is 0.237. The fourth-order valence-corrected chi connectivity index (χ4v) is 0.550. The van der Waals surface area contributed by atoms with Crippen LogP contribution in [-0.4, -0.2) is 38.5 Å². The first-order valence-electron chi connectivity index (χ1n) is 4.28. The minimum atomic E-state index is -0.483. The van der Waals surface area contributed by atoms with Gasteiger partial charge < -0.3 is 9.47 Å². The van der Waals surface area contributed by atoms with Gasteiger partial charge in [0.05, 0.1) is 12.5 Å². The smallest absolute Gasteiger partial charge is 0.272 e. The maximum atomic E-state index is 10.6. The van der Waals surface area contributed by atoms with Gasteiger partial charge in [-0.25, -0.2) is 9.98 Å². The Hall–Kier alpha value is -2.24. The third-order valence-corrected chi connectivity index (χ3v) is 1.24. The second kappa shape index (κ2) is 9.32. The van der Waals surface area contributed by atoms with Crippen LogP contribution in [0.4, 0.5) is 0 Å². The summed E-state index contributed by atoms with van der Waals surface area (Å²) in [6, 6.07) is 0. The summed E-state index contributed by atoms with van der Waals surface area (Å²) >= 11 is 0. The van der Waals surface area contributed by atoms with Gasteiger partial charge in [-0.15, -0.1) is 0 Å². The van der Waals surface area contributed by atoms with Gasteiger partial charge in [-0.1, -0.05) is 0 Å². The van der Waals surface area contributed by atoms with Gasteiger partial charge in [0.1, 0.15) is 13.2 Å². The summed E-state index contributed by atoms with van der Waals surface area (Å²) < 4.78 is 9.74. The van der Waals surface area contributed by atoms with Crippen LogP contribution in [0, 0.1) is 0 Å². The average Bonchev–Trinajstić information content (AvgIpc) is 2.31. The van der Waals surface area contributed by atoms with Crippen LogP contribution in [0.3, 0.4) is 0 Å². The van der Waals surface area contributed by atoms with Crippen LogP contribution in [0.5, 0.6) is 0 Å². The van der Waals surface area contributed by atoms with E-state index in [9.17, 15) is 9.59 Å². The van der Waals surface area contributed by atoms with E-state index < -0.39 is 11.8 Å². The second-order valence-electron chi connectivity index (χ2n) is 2.34. The zero-order valence-corrected chi connectivity index (χ0v) is 8.67. The molecule has 0 fully saturated rings. The van der Waals surface area contributed by atoms with E-state index in [-0.39, 0.29) is 13.2 Å². The summed E-state index contributed by atoms with van der Waals surface area (Å²) in [5, 5.41) is 0. The van der Waals surface area contributed by atoms with E-state index in [2.05, 4.69) is 23.4 Å². The van der Waals surface area contributed by atoms with E-state index in [1.165, 1.54) is 12.5 Å². The first kappa shape index (κ1) is 13.8. The van der Waals surface area contributed by atoms with E-state index in [0.717, 1.165) is 12.2 Å². The maximum absolute atomic E-state index is 10.6. The monoisotopic (exact) mass is 224 g/mol. The molecule has 2 amide bonds. The lowest BCUT2D eigenvalue weighted by atomic mass is 10.6. The quantitative estimate of drug-likeness (QED) is 0.273. The van der Waals surface area contributed by atoms with Gasteiger partial charge >= 0.3 is 0 Å². The van der Waals surface area contributed by atoms with Crippen LogP contribution in [0.15, 0.2) is 34.7 Å². The summed E-state index contributed by atoms with van der Waals surface area (Å²) in [7, 11) is 0. The minimum Gasteiger partial charge on any atom is -0.497 e. The molecule has 0 atom stereocenters. The lowest BCUT2D eigenvalue weighted by Crippen LogP contribution is -1.97. The van der Waals surface area contributed by atoms with Crippen molar-refractivity contribution >= 4 is 25.2 Å². The van der Waals surface area contributed by atoms with Crippen molar-refractivity contribution in [1.29, 1.82) is 0 Å². The Morgan fingerprint density at radius 1 is 0.938 bits per heavy atom. The van der Waals surface area contributed by atoms with Crippen molar-refractivity contribution in [3.63, 3.8) is 0 Å². The highest BCUT2D eigenvalue weighted by Gasteiger charge is 1.88. The van der Waals surface area contributed by atoms with Crippen LogP contribution in [0.2, 0.25) is 0 Å². The highest BCUT2D eigenvalue weighted by molar-refractivity contribution is 5.90. The number of hydrogen-bond acceptors (Lipinski definition) is 4. The number of nitrogens with zero attached hydrogens (tertiary/aromatic N) is 2. The Morgan fingerprint density at radius 3 is 1.62 bits per heavy atom. The summed E-state index contributed by atoms with van der Waals surface area (Å²) in [5.41, 5.74) is 0. The van der Waals surface area contributed by atoms with Crippen molar-refractivity contribution in [2.24, 2.45) is 9.98 Å². The Bertz CT molecular complexity index is 289. The summed E-state index contributed by atoms with van der Waals surface area (Å²) in [4.78, 5) is 27.4. The van der Waals surface area contributed by atoms with E-state index >= 15 is 0 Å². The van der Waals surface area contributed by atoms with E-state index in [1.807, 2.05) is 0 Å². The largest absolute Gasteiger partial charge is 0.497 e. The molecule has 0 saturated heterocycles. The molecule has 0 aliphatic carbocycles. The molecule has 0 aromatic heterocycles. The van der Waals surface area contributed by atoms with E-state index in [4.69, 9.17) is 9.47 Å². The number of aliphatic imine (C=N–C) groups is 2. The molecular formula is C10H12N2O4. The maximum Gasteiger partial charge on any atom is 0.272 e. The number of carbonyl (C=O) groups is 2. The molecule has 0 bridgehead atoms. The third-order valence-electron chi connectivity index (χ3n) is 1.24. The molecule has 0 aliphatic heterocycles. The average molecular weight is 224 g/mol. The Labute approximate surface area is 93.0 Å². The fourth-order valence-electron chi connectivity index (χ4n) is 0.550. The van der Waals surface area contributed by atoms with Crippen molar-refractivity contribution in [2.75, 3.05) is 13.2 Å². The molecule has 0 spiro atoms. The Kier molecular flexibility index (Phi) is 8.02. The van der Waals surface area contributed by atoms with Gasteiger partial charge in [0.25, 0.3) is 11.8 Å². The van der Waals surface area contributed by atoms with Crippen molar-refractivity contribution in [2.45, 2.75) is 0 Å². The van der Waals surface area contributed by atoms with E-state index in [0.29, 0.717) is 0 Å². The predicted molar refractivity (Wildman–Crippen MR) is 59.3 cm³/mol. The van der Waals surface area contributed by atoms with Crippen molar-refractivity contribution in [3.05, 3.63) is 24.7 Å². The molecule has 86 valence electrons. The molecule has 0 saturated carbocycles. The van der Waals surface area contributed by atoms with Crippen LogP contribution in [0.25, 0.3) is 0 Å². The second-order valence-corrected chi connectivity index (χ2v) is 2.34. The summed E-state index contributed by atoms with van der Waals surface area (Å²) in [5.74, 6) is -0.966. The van der Waals surface area contributed by atoms with Gasteiger partial charge in [0.15, 0.2) is 0 Å². The number of rotatable bonds is 7. The fraction of sp³-hybridized carbons (Fsp3) is 0.200. The first-order valence-corrected chi connectivity index (χ1v) is 4.28. The van der Waals surface area contributed by atoms with Gasteiger partial charge in [-0.3, -0.25) is 9.59 Å². The molecule has 0 aromatic rings. The standard InChI is InChI=1S/C10H12N2O4/c1-11-9(13)3-5-15-7-8-16-6-4-10(14)12-2/h3-6H,1-2,7-8H2. The summed E-state index contributed by atoms with van der Waals surface area (Å²) in [6.07, 6.45) is 4.66. The van der Waals surface area contributed by atoms with Crippen LogP contribution >= 0.6 is 0 Å².